The lowest BCUT2D eigenvalue weighted by Gasteiger charge is -2.25. The molecule has 0 bridgehead atoms. The van der Waals surface area contributed by atoms with Crippen molar-refractivity contribution in [2.45, 2.75) is 32.0 Å². The molecule has 2 atom stereocenters. The predicted octanol–water partition coefficient (Wildman–Crippen LogP) is 0.190. The first kappa shape index (κ1) is 18.6. The van der Waals surface area contributed by atoms with E-state index in [4.69, 9.17) is 0 Å². The van der Waals surface area contributed by atoms with E-state index in [9.17, 15) is 23.6 Å². The number of hydrogen-bond acceptors (Lipinski definition) is 4. The van der Waals surface area contributed by atoms with Crippen LogP contribution in [0.25, 0.3) is 0 Å². The summed E-state index contributed by atoms with van der Waals surface area (Å²) in [4.78, 5) is 49.3. The number of fused-ring (bicyclic) bond motifs is 1. The minimum atomic E-state index is -1.29. The van der Waals surface area contributed by atoms with Gasteiger partial charge < -0.3 is 15.5 Å². The molecule has 25 heavy (non-hydrogen) atoms. The molecule has 7 nitrogen and oxygen atoms in total. The van der Waals surface area contributed by atoms with Crippen LogP contribution in [-0.2, 0) is 20.9 Å². The fourth-order valence-electron chi connectivity index (χ4n) is 2.65. The molecule has 1 aliphatic rings. The van der Waals surface area contributed by atoms with Crippen molar-refractivity contribution in [2.24, 2.45) is 0 Å². The maximum absolute atomic E-state index is 12.7. The third kappa shape index (κ3) is 4.01. The summed E-state index contributed by atoms with van der Waals surface area (Å²) in [6, 6.07) is 4.91. The molecule has 0 radical (unpaired) electrons. The van der Waals surface area contributed by atoms with Crippen LogP contribution in [0, 0.1) is 0 Å². The zero-order valence-corrected chi connectivity index (χ0v) is 14.0. The van der Waals surface area contributed by atoms with Crippen molar-refractivity contribution in [3.8, 4) is 0 Å². The van der Waals surface area contributed by atoms with Gasteiger partial charge in [0.2, 0.25) is 11.8 Å². The Labute approximate surface area is 144 Å². The Morgan fingerprint density at radius 1 is 1.28 bits per heavy atom. The lowest BCUT2D eigenvalue weighted by Crippen LogP contribution is -2.51. The second-order valence-electron chi connectivity index (χ2n) is 5.80. The molecule has 0 spiro atoms. The Morgan fingerprint density at radius 2 is 1.96 bits per heavy atom. The summed E-state index contributed by atoms with van der Waals surface area (Å²) in [5, 5.41) is 4.70. The summed E-state index contributed by atoms with van der Waals surface area (Å²) in [7, 11) is 1.38. The van der Waals surface area contributed by atoms with Crippen molar-refractivity contribution in [1.82, 2.24) is 15.5 Å². The van der Waals surface area contributed by atoms with Crippen molar-refractivity contribution in [2.75, 3.05) is 13.7 Å². The molecule has 1 aliphatic heterocycles. The first-order chi connectivity index (χ1) is 11.9. The molecule has 0 saturated carbocycles. The lowest BCUT2D eigenvalue weighted by atomic mass is 10.1. The van der Waals surface area contributed by atoms with E-state index in [1.54, 1.807) is 24.3 Å². The van der Waals surface area contributed by atoms with Crippen LogP contribution in [0.15, 0.2) is 24.3 Å². The number of Topliss-reactive ketones (excluding diaryl/α,β-unsaturated/α-hetero) is 1. The zero-order chi connectivity index (χ0) is 18.6. The highest BCUT2D eigenvalue weighted by molar-refractivity contribution is 6.01. The average Bonchev–Trinajstić information content (AvgIpc) is 2.96. The third-order valence-electron chi connectivity index (χ3n) is 4.20. The number of alkyl halides is 1. The molecular weight excluding hydrogens is 329 g/mol. The van der Waals surface area contributed by atoms with Crippen LogP contribution >= 0.6 is 0 Å². The number of nitrogens with one attached hydrogen (secondary N) is 2. The van der Waals surface area contributed by atoms with Crippen molar-refractivity contribution in [3.63, 3.8) is 0 Å². The van der Waals surface area contributed by atoms with E-state index in [1.165, 1.54) is 18.9 Å². The van der Waals surface area contributed by atoms with Gasteiger partial charge in [0.15, 0.2) is 5.78 Å². The molecule has 2 rings (SSSR count). The maximum atomic E-state index is 12.7. The Balaban J connectivity index is 2.07. The molecule has 1 aromatic rings. The van der Waals surface area contributed by atoms with Crippen molar-refractivity contribution in [3.05, 3.63) is 35.4 Å². The van der Waals surface area contributed by atoms with Crippen LogP contribution in [0.2, 0.25) is 0 Å². The van der Waals surface area contributed by atoms with Gasteiger partial charge in [-0.3, -0.25) is 19.2 Å². The fourth-order valence-corrected chi connectivity index (χ4v) is 2.65. The largest absolute Gasteiger partial charge is 0.359 e. The number of ketones is 1. The van der Waals surface area contributed by atoms with Crippen LogP contribution in [0.4, 0.5) is 4.39 Å². The van der Waals surface area contributed by atoms with Gasteiger partial charge in [0.25, 0.3) is 5.91 Å². The average molecular weight is 349 g/mol. The molecule has 0 fully saturated rings. The number of nitrogens with zero attached hydrogens (tertiary/aromatic N) is 1. The second-order valence-corrected chi connectivity index (χ2v) is 5.80. The molecule has 0 aliphatic carbocycles. The van der Waals surface area contributed by atoms with Gasteiger partial charge in [-0.25, -0.2) is 4.39 Å². The Hall–Kier alpha value is -2.77. The smallest absolute Gasteiger partial charge is 0.255 e. The molecule has 1 aromatic carbocycles. The molecule has 1 heterocycles. The molecule has 3 amide bonds. The predicted molar refractivity (Wildman–Crippen MR) is 87.4 cm³/mol. The highest BCUT2D eigenvalue weighted by Crippen LogP contribution is 2.24. The number of carbonyl (C=O) groups excluding carboxylic acids is 4. The van der Waals surface area contributed by atoms with E-state index in [2.05, 4.69) is 10.6 Å². The Bertz CT molecular complexity index is 707. The fraction of sp³-hybridized carbons (Fsp3) is 0.412. The highest BCUT2D eigenvalue weighted by atomic mass is 19.1. The van der Waals surface area contributed by atoms with Crippen LogP contribution < -0.4 is 10.6 Å². The SMILES string of the molecule is CNC(=O)CC(NC(=O)[C@H](C)N1Cc2ccccc2C1=O)C(=O)CF. The van der Waals surface area contributed by atoms with Gasteiger partial charge in [0, 0.05) is 19.2 Å². The molecule has 2 N–H and O–H groups in total. The summed E-state index contributed by atoms with van der Waals surface area (Å²) in [5.74, 6) is -2.28. The normalized spacial score (nSPS) is 15.3. The van der Waals surface area contributed by atoms with Crippen molar-refractivity contribution >= 4 is 23.5 Å². The van der Waals surface area contributed by atoms with E-state index < -0.39 is 36.4 Å². The molecule has 134 valence electrons. The summed E-state index contributed by atoms with van der Waals surface area (Å²) in [6.07, 6.45) is -0.355. The van der Waals surface area contributed by atoms with Gasteiger partial charge in [-0.15, -0.1) is 0 Å². The van der Waals surface area contributed by atoms with Crippen LogP contribution in [-0.4, -0.2) is 54.2 Å². The van der Waals surface area contributed by atoms with Crippen molar-refractivity contribution < 1.29 is 23.6 Å². The van der Waals surface area contributed by atoms with E-state index in [0.717, 1.165) is 5.56 Å². The number of amides is 3. The maximum Gasteiger partial charge on any atom is 0.255 e. The number of benzene rings is 1. The van der Waals surface area contributed by atoms with Gasteiger partial charge >= 0.3 is 0 Å². The molecular formula is C17H20FN3O4. The quantitative estimate of drug-likeness (QED) is 0.735. The third-order valence-corrected chi connectivity index (χ3v) is 4.20. The van der Waals surface area contributed by atoms with Gasteiger partial charge in [0.1, 0.15) is 12.7 Å². The van der Waals surface area contributed by atoms with Crippen molar-refractivity contribution in [1.29, 1.82) is 0 Å². The summed E-state index contributed by atoms with van der Waals surface area (Å²) in [6.45, 7) is 0.515. The monoisotopic (exact) mass is 349 g/mol. The molecule has 1 unspecified atom stereocenters. The zero-order valence-electron chi connectivity index (χ0n) is 14.0. The Morgan fingerprint density at radius 3 is 2.56 bits per heavy atom. The van der Waals surface area contributed by atoms with E-state index >= 15 is 0 Å². The number of carbonyl (C=O) groups is 4. The number of halogens is 1. The molecule has 0 aromatic heterocycles. The van der Waals surface area contributed by atoms with Crippen LogP contribution in [0.5, 0.6) is 0 Å². The lowest BCUT2D eigenvalue weighted by molar-refractivity contribution is -0.132. The topological polar surface area (TPSA) is 95.6 Å². The first-order valence-electron chi connectivity index (χ1n) is 7.87. The molecule has 0 saturated heterocycles. The van der Waals surface area contributed by atoms with Crippen LogP contribution in [0.1, 0.15) is 29.3 Å². The molecule has 8 heteroatoms. The Kier molecular flexibility index (Phi) is 5.84. The summed E-state index contributed by atoms with van der Waals surface area (Å²) >= 11 is 0. The van der Waals surface area contributed by atoms with E-state index in [1.807, 2.05) is 0 Å². The first-order valence-corrected chi connectivity index (χ1v) is 7.87. The second kappa shape index (κ2) is 7.87. The highest BCUT2D eigenvalue weighted by Gasteiger charge is 2.35. The van der Waals surface area contributed by atoms with E-state index in [-0.39, 0.29) is 18.9 Å². The standard InChI is InChI=1S/C17H20FN3O4/c1-10(21-9-11-5-3-4-6-12(11)17(21)25)16(24)20-13(14(22)8-18)7-15(23)19-2/h3-6,10,13H,7-9H2,1-2H3,(H,19,23)(H,20,24)/t10-,13?/m0/s1. The van der Waals surface area contributed by atoms with Gasteiger partial charge in [-0.2, -0.15) is 0 Å². The summed E-state index contributed by atoms with van der Waals surface area (Å²) < 4.78 is 12.7. The van der Waals surface area contributed by atoms with Crippen LogP contribution in [0.3, 0.4) is 0 Å². The number of hydrogen-bond donors (Lipinski definition) is 2. The van der Waals surface area contributed by atoms with Gasteiger partial charge in [-0.05, 0) is 18.6 Å². The van der Waals surface area contributed by atoms with E-state index in [0.29, 0.717) is 5.56 Å². The van der Waals surface area contributed by atoms with Gasteiger partial charge in [0.05, 0.1) is 12.5 Å². The summed E-state index contributed by atoms with van der Waals surface area (Å²) in [5.41, 5.74) is 1.35. The minimum absolute atomic E-state index is 0.279. The number of rotatable bonds is 7. The van der Waals surface area contributed by atoms with Gasteiger partial charge in [-0.1, -0.05) is 18.2 Å². The minimum Gasteiger partial charge on any atom is -0.359 e.